The molecule has 0 radical (unpaired) electrons. The maximum absolute atomic E-state index is 13.7. The van der Waals surface area contributed by atoms with Crippen LogP contribution in [0.1, 0.15) is 40.4 Å². The molecular formula is C28H21Cl2F3N2O7. The third kappa shape index (κ3) is 6.55. The predicted molar refractivity (Wildman–Crippen MR) is 142 cm³/mol. The van der Waals surface area contributed by atoms with Gasteiger partial charge in [0.2, 0.25) is 0 Å². The van der Waals surface area contributed by atoms with E-state index < -0.39 is 42.7 Å². The zero-order chi connectivity index (χ0) is 30.1. The molecule has 2 aromatic carbocycles. The van der Waals surface area contributed by atoms with Crippen LogP contribution in [0.4, 0.5) is 18.9 Å². The van der Waals surface area contributed by atoms with Crippen LogP contribution in [0.15, 0.2) is 48.8 Å². The number of alkyl halides is 2. The largest absolute Gasteiger partial charge is 0.619 e. The minimum Gasteiger partial charge on any atom is -0.619 e. The number of hydrogen-bond donors (Lipinski definition) is 0. The fourth-order valence-electron chi connectivity index (χ4n) is 4.42. The van der Waals surface area contributed by atoms with Crippen LogP contribution < -0.4 is 19.1 Å². The Bertz CT molecular complexity index is 1550. The predicted octanol–water partition coefficient (Wildman–Crippen LogP) is 5.21. The molecule has 0 N–H and O–H groups in total. The van der Waals surface area contributed by atoms with E-state index in [0.29, 0.717) is 4.73 Å². The number of halogens is 5. The average Bonchev–Trinajstić information content (AvgIpc) is 3.73. The highest BCUT2D eigenvalue weighted by Crippen LogP contribution is 2.38. The number of benzene rings is 2. The van der Waals surface area contributed by atoms with Crippen molar-refractivity contribution in [2.45, 2.75) is 32.0 Å². The molecule has 0 unspecified atom stereocenters. The summed E-state index contributed by atoms with van der Waals surface area (Å²) in [7, 11) is 0. The number of carbonyl (C=O) groups excluding carboxylic acids is 3. The summed E-state index contributed by atoms with van der Waals surface area (Å²) in [6.45, 7) is -3.56. The lowest BCUT2D eigenvalue weighted by Crippen LogP contribution is -2.36. The van der Waals surface area contributed by atoms with Crippen molar-refractivity contribution in [2.75, 3.05) is 18.1 Å². The molecule has 1 aliphatic heterocycles. The second-order valence-electron chi connectivity index (χ2n) is 9.70. The van der Waals surface area contributed by atoms with Gasteiger partial charge >= 0.3 is 12.6 Å². The maximum atomic E-state index is 13.7. The number of fused-ring (bicyclic) bond motifs is 1. The topological polar surface area (TPSA) is 109 Å². The summed E-state index contributed by atoms with van der Waals surface area (Å²) >= 11 is 12.5. The number of pyridine rings is 1. The summed E-state index contributed by atoms with van der Waals surface area (Å²) in [6.07, 6.45) is 2.62. The number of aromatic nitrogens is 1. The quantitative estimate of drug-likeness (QED) is 0.125. The van der Waals surface area contributed by atoms with Crippen LogP contribution in [-0.4, -0.2) is 37.4 Å². The van der Waals surface area contributed by atoms with Gasteiger partial charge in [-0.2, -0.15) is 13.5 Å². The Labute approximate surface area is 246 Å². The smallest absolute Gasteiger partial charge is 0.387 e. The molecule has 1 saturated carbocycles. The van der Waals surface area contributed by atoms with E-state index in [1.165, 1.54) is 24.3 Å². The van der Waals surface area contributed by atoms with Gasteiger partial charge in [0.15, 0.2) is 23.9 Å². The lowest BCUT2D eigenvalue weighted by Gasteiger charge is -2.23. The summed E-state index contributed by atoms with van der Waals surface area (Å²) in [5, 5.41) is 11.7. The first kappa shape index (κ1) is 29.5. The fourth-order valence-corrected chi connectivity index (χ4v) is 5.02. The normalized spacial score (nSPS) is 15.1. The molecule has 0 saturated heterocycles. The Hall–Kier alpha value is -4.03. The monoisotopic (exact) mass is 624 g/mol. The molecule has 1 aliphatic carbocycles. The molecule has 220 valence electrons. The minimum absolute atomic E-state index is 0.0142. The highest BCUT2D eigenvalue weighted by Gasteiger charge is 2.38. The van der Waals surface area contributed by atoms with Crippen molar-refractivity contribution in [3.05, 3.63) is 86.6 Å². The highest BCUT2D eigenvalue weighted by atomic mass is 35.5. The molecule has 5 rings (SSSR count). The van der Waals surface area contributed by atoms with E-state index in [1.807, 2.05) is 0 Å². The molecule has 14 heteroatoms. The summed E-state index contributed by atoms with van der Waals surface area (Å²) < 4.78 is 56.2. The molecule has 2 heterocycles. The Morgan fingerprint density at radius 3 is 2.45 bits per heavy atom. The number of rotatable bonds is 11. The third-order valence-electron chi connectivity index (χ3n) is 6.67. The van der Waals surface area contributed by atoms with Crippen molar-refractivity contribution in [1.29, 1.82) is 0 Å². The second kappa shape index (κ2) is 12.1. The zero-order valence-electron chi connectivity index (χ0n) is 21.5. The lowest BCUT2D eigenvalue weighted by molar-refractivity contribution is -0.605. The summed E-state index contributed by atoms with van der Waals surface area (Å²) in [6, 6.07) is 7.13. The van der Waals surface area contributed by atoms with Crippen LogP contribution in [0.5, 0.6) is 11.5 Å². The molecule has 1 amide bonds. The van der Waals surface area contributed by atoms with E-state index in [-0.39, 0.29) is 62.9 Å². The first-order valence-electron chi connectivity index (χ1n) is 12.6. The van der Waals surface area contributed by atoms with Crippen molar-refractivity contribution in [3.63, 3.8) is 0 Å². The highest BCUT2D eigenvalue weighted by molar-refractivity contribution is 6.52. The van der Waals surface area contributed by atoms with Crippen molar-refractivity contribution in [1.82, 2.24) is 0 Å². The van der Waals surface area contributed by atoms with Crippen LogP contribution >= 0.6 is 23.2 Å². The van der Waals surface area contributed by atoms with Gasteiger partial charge in [0, 0.05) is 12.0 Å². The number of amides is 1. The first-order chi connectivity index (χ1) is 20.0. The Morgan fingerprint density at radius 1 is 1.07 bits per heavy atom. The standard InChI is InChI=1S/C28H21Cl2F3N2O7/c29-19-10-34(39)11-20(30)17(19)9-23(15-3-6-22(42-28(32)33)24(7-15)40-13-14-1-2-14)41-25(36)12-35-21-5-4-16(31)8-18(21)26(37)27(35)38/h3-8,10-11,14,23,28H,1-2,9,12-13H2/t23-/m0/s1. The molecule has 3 aromatic rings. The average molecular weight is 625 g/mol. The molecule has 2 aliphatic rings. The van der Waals surface area contributed by atoms with Gasteiger partial charge in [-0.25, -0.2) is 4.39 Å². The van der Waals surface area contributed by atoms with E-state index in [4.69, 9.17) is 32.7 Å². The van der Waals surface area contributed by atoms with Gasteiger partial charge in [0.25, 0.3) is 11.7 Å². The van der Waals surface area contributed by atoms with Crippen LogP contribution in [-0.2, 0) is 20.7 Å². The van der Waals surface area contributed by atoms with Crippen LogP contribution in [0.25, 0.3) is 0 Å². The van der Waals surface area contributed by atoms with E-state index >= 15 is 0 Å². The number of esters is 1. The van der Waals surface area contributed by atoms with Crippen LogP contribution in [0.3, 0.4) is 0 Å². The van der Waals surface area contributed by atoms with Gasteiger partial charge < -0.3 is 19.4 Å². The Kier molecular flexibility index (Phi) is 8.46. The van der Waals surface area contributed by atoms with Crippen molar-refractivity contribution in [2.24, 2.45) is 5.92 Å². The van der Waals surface area contributed by atoms with Gasteiger partial charge in [0.1, 0.15) is 28.5 Å². The summed E-state index contributed by atoms with van der Waals surface area (Å²) in [5.41, 5.74) is 0.362. The summed E-state index contributed by atoms with van der Waals surface area (Å²) in [4.78, 5) is 38.9. The van der Waals surface area contributed by atoms with E-state index in [2.05, 4.69) is 4.74 Å². The van der Waals surface area contributed by atoms with Gasteiger partial charge in [0.05, 0.1) is 17.9 Å². The Morgan fingerprint density at radius 2 is 1.79 bits per heavy atom. The van der Waals surface area contributed by atoms with Gasteiger partial charge in [-0.3, -0.25) is 19.3 Å². The second-order valence-corrected chi connectivity index (χ2v) is 10.5. The number of Topliss-reactive ketones (excluding diaryl/α,β-unsaturated/α-hetero) is 1. The van der Waals surface area contributed by atoms with Crippen LogP contribution in [0.2, 0.25) is 10.0 Å². The van der Waals surface area contributed by atoms with Crippen molar-refractivity contribution >= 4 is 46.5 Å². The molecule has 42 heavy (non-hydrogen) atoms. The van der Waals surface area contributed by atoms with Crippen molar-refractivity contribution in [3.8, 4) is 11.5 Å². The number of ketones is 1. The number of hydrogen-bond acceptors (Lipinski definition) is 7. The minimum atomic E-state index is -3.12. The maximum Gasteiger partial charge on any atom is 0.387 e. The van der Waals surface area contributed by atoms with Gasteiger partial charge in [-0.15, -0.1) is 0 Å². The third-order valence-corrected chi connectivity index (χ3v) is 7.32. The molecule has 1 aromatic heterocycles. The SMILES string of the molecule is O=C(CN1C(=O)C(=O)c2cc(F)ccc21)O[C@@H](Cc1c(Cl)c[n+]([O-])cc1Cl)c1ccc(OC(F)F)c(OCC2CC2)c1. The Balaban J connectivity index is 1.45. The molecule has 0 spiro atoms. The van der Waals surface area contributed by atoms with E-state index in [0.717, 1.165) is 42.3 Å². The number of nitrogens with zero attached hydrogens (tertiary/aromatic N) is 2. The molecule has 1 atom stereocenters. The van der Waals surface area contributed by atoms with Crippen molar-refractivity contribution < 1.29 is 46.5 Å². The van der Waals surface area contributed by atoms with Gasteiger partial charge in [-0.1, -0.05) is 29.3 Å². The van der Waals surface area contributed by atoms with Gasteiger partial charge in [-0.05, 0) is 54.7 Å². The molecule has 0 bridgehead atoms. The number of anilines is 1. The lowest BCUT2D eigenvalue weighted by atomic mass is 10.0. The molecular weight excluding hydrogens is 604 g/mol. The van der Waals surface area contributed by atoms with Crippen LogP contribution in [0, 0.1) is 16.9 Å². The zero-order valence-corrected chi connectivity index (χ0v) is 23.0. The fraction of sp³-hybridized carbons (Fsp3) is 0.286. The van der Waals surface area contributed by atoms with E-state index in [1.54, 1.807) is 0 Å². The van der Waals surface area contributed by atoms with E-state index in [9.17, 15) is 32.8 Å². The molecule has 1 fully saturated rings. The summed E-state index contributed by atoms with van der Waals surface area (Å²) in [5.74, 6) is -3.67. The first-order valence-corrected chi connectivity index (χ1v) is 13.4. The number of ether oxygens (including phenoxy) is 3. The molecule has 9 nitrogen and oxygen atoms in total. The number of carbonyl (C=O) groups is 3.